The third-order valence-corrected chi connectivity index (χ3v) is 6.61. The maximum Gasteiger partial charge on any atom is 0.245 e. The number of furan rings is 1. The van der Waals surface area contributed by atoms with Gasteiger partial charge in [0.1, 0.15) is 5.76 Å². The van der Waals surface area contributed by atoms with Crippen molar-refractivity contribution >= 4 is 10.0 Å². The largest absolute Gasteiger partial charge is 0.465 e. The number of benzene rings is 2. The van der Waals surface area contributed by atoms with Gasteiger partial charge in [0.15, 0.2) is 6.23 Å². The Morgan fingerprint density at radius 1 is 0.963 bits per heavy atom. The van der Waals surface area contributed by atoms with E-state index in [1.54, 1.807) is 36.4 Å². The molecule has 1 aromatic heterocycles. The molecule has 2 heterocycles. The van der Waals surface area contributed by atoms with Crippen molar-refractivity contribution in [2.24, 2.45) is 0 Å². The fraction of sp³-hybridized carbons (Fsp3) is 0.238. The molecule has 0 radical (unpaired) electrons. The summed E-state index contributed by atoms with van der Waals surface area (Å²) in [6, 6.07) is 20.2. The zero-order valence-corrected chi connectivity index (χ0v) is 15.8. The van der Waals surface area contributed by atoms with Crippen molar-refractivity contribution < 1.29 is 17.6 Å². The monoisotopic (exact) mass is 383 g/mol. The molecule has 0 bridgehead atoms. The average molecular weight is 383 g/mol. The standard InChI is InChI=1S/C21H21NO4S/c1-16-9-11-18(12-10-16)27(23,24)22-14-13-19(17-6-3-2-4-7-17)26-21(22)20-8-5-15-25-20/h2-12,15,19,21H,13-14H2,1H3/t19-,21+/m1/s1. The van der Waals surface area contributed by atoms with Crippen LogP contribution in [0, 0.1) is 6.92 Å². The molecule has 140 valence electrons. The van der Waals surface area contributed by atoms with Crippen molar-refractivity contribution in [1.29, 1.82) is 0 Å². The molecule has 1 aliphatic rings. The minimum atomic E-state index is -3.71. The molecule has 1 fully saturated rings. The van der Waals surface area contributed by atoms with Crippen LogP contribution in [0.2, 0.25) is 0 Å². The molecule has 0 aliphatic carbocycles. The van der Waals surface area contributed by atoms with Gasteiger partial charge in [0.2, 0.25) is 10.0 Å². The Hall–Kier alpha value is -2.41. The van der Waals surface area contributed by atoms with E-state index in [1.807, 2.05) is 37.3 Å². The molecule has 3 aromatic rings. The first-order valence-corrected chi connectivity index (χ1v) is 10.3. The van der Waals surface area contributed by atoms with Gasteiger partial charge in [-0.2, -0.15) is 4.31 Å². The van der Waals surface area contributed by atoms with Gasteiger partial charge in [-0.3, -0.25) is 0 Å². The highest BCUT2D eigenvalue weighted by Gasteiger charge is 2.40. The normalized spacial score (nSPS) is 21.2. The van der Waals surface area contributed by atoms with Crippen LogP contribution in [-0.2, 0) is 14.8 Å². The van der Waals surface area contributed by atoms with Crippen molar-refractivity contribution in [2.75, 3.05) is 6.54 Å². The van der Waals surface area contributed by atoms with Gasteiger partial charge in [-0.1, -0.05) is 48.0 Å². The van der Waals surface area contributed by atoms with Crippen molar-refractivity contribution in [3.05, 3.63) is 89.9 Å². The van der Waals surface area contributed by atoms with Gasteiger partial charge in [0.05, 0.1) is 17.3 Å². The van der Waals surface area contributed by atoms with Crippen molar-refractivity contribution in [3.8, 4) is 0 Å². The molecule has 0 N–H and O–H groups in total. The van der Waals surface area contributed by atoms with Gasteiger partial charge in [-0.05, 0) is 43.2 Å². The maximum atomic E-state index is 13.3. The average Bonchev–Trinajstić information content (AvgIpc) is 3.23. The lowest BCUT2D eigenvalue weighted by Gasteiger charge is -2.37. The minimum Gasteiger partial charge on any atom is -0.465 e. The summed E-state index contributed by atoms with van der Waals surface area (Å²) < 4.78 is 39.6. The van der Waals surface area contributed by atoms with Crippen LogP contribution in [0.3, 0.4) is 0 Å². The highest BCUT2D eigenvalue weighted by atomic mass is 32.2. The SMILES string of the molecule is Cc1ccc(S(=O)(=O)N2CC[C@H](c3ccccc3)O[C@H]2c2ccco2)cc1. The summed E-state index contributed by atoms with van der Waals surface area (Å²) in [6.45, 7) is 2.28. The van der Waals surface area contributed by atoms with Crippen LogP contribution in [0.1, 0.15) is 35.6 Å². The molecule has 0 saturated carbocycles. The number of hydrogen-bond acceptors (Lipinski definition) is 4. The lowest BCUT2D eigenvalue weighted by atomic mass is 10.1. The molecule has 6 heteroatoms. The van der Waals surface area contributed by atoms with E-state index in [0.717, 1.165) is 11.1 Å². The van der Waals surface area contributed by atoms with Crippen LogP contribution in [0.15, 0.2) is 82.3 Å². The zero-order chi connectivity index (χ0) is 18.9. The van der Waals surface area contributed by atoms with Crippen molar-refractivity contribution in [1.82, 2.24) is 4.31 Å². The molecule has 1 aliphatic heterocycles. The van der Waals surface area contributed by atoms with E-state index in [4.69, 9.17) is 9.15 Å². The van der Waals surface area contributed by atoms with Crippen LogP contribution in [-0.4, -0.2) is 19.3 Å². The Morgan fingerprint density at radius 2 is 1.70 bits per heavy atom. The van der Waals surface area contributed by atoms with E-state index in [9.17, 15) is 8.42 Å². The van der Waals surface area contributed by atoms with Crippen LogP contribution < -0.4 is 0 Å². The Labute approximate surface area is 159 Å². The second-order valence-corrected chi connectivity index (χ2v) is 8.51. The quantitative estimate of drug-likeness (QED) is 0.668. The molecule has 1 saturated heterocycles. The van der Waals surface area contributed by atoms with Crippen molar-refractivity contribution in [2.45, 2.75) is 30.6 Å². The van der Waals surface area contributed by atoms with Gasteiger partial charge in [0.25, 0.3) is 0 Å². The lowest BCUT2D eigenvalue weighted by molar-refractivity contribution is -0.120. The Kier molecular flexibility index (Phi) is 4.86. The van der Waals surface area contributed by atoms with Gasteiger partial charge >= 0.3 is 0 Å². The van der Waals surface area contributed by atoms with Crippen LogP contribution in [0.5, 0.6) is 0 Å². The predicted octanol–water partition coefficient (Wildman–Crippen LogP) is 4.44. The minimum absolute atomic E-state index is 0.189. The highest BCUT2D eigenvalue weighted by Crippen LogP contribution is 2.39. The second-order valence-electron chi connectivity index (χ2n) is 6.62. The zero-order valence-electron chi connectivity index (χ0n) is 15.0. The van der Waals surface area contributed by atoms with Gasteiger partial charge < -0.3 is 9.15 Å². The first-order chi connectivity index (χ1) is 13.1. The van der Waals surface area contributed by atoms with Crippen LogP contribution in [0.4, 0.5) is 0 Å². The van der Waals surface area contributed by atoms with Crippen LogP contribution >= 0.6 is 0 Å². The molecule has 0 spiro atoms. The van der Waals surface area contributed by atoms with Gasteiger partial charge in [0, 0.05) is 6.54 Å². The molecule has 27 heavy (non-hydrogen) atoms. The Bertz CT molecular complexity index is 982. The summed E-state index contributed by atoms with van der Waals surface area (Å²) in [5.41, 5.74) is 2.04. The lowest BCUT2D eigenvalue weighted by Crippen LogP contribution is -2.41. The predicted molar refractivity (Wildman–Crippen MR) is 101 cm³/mol. The van der Waals surface area contributed by atoms with Gasteiger partial charge in [-0.25, -0.2) is 8.42 Å². The van der Waals surface area contributed by atoms with Crippen molar-refractivity contribution in [3.63, 3.8) is 0 Å². The number of rotatable bonds is 4. The summed E-state index contributed by atoms with van der Waals surface area (Å²) in [7, 11) is -3.71. The fourth-order valence-electron chi connectivity index (χ4n) is 3.30. The second kappa shape index (κ2) is 7.31. The van der Waals surface area contributed by atoms with E-state index in [-0.39, 0.29) is 11.0 Å². The fourth-order valence-corrected chi connectivity index (χ4v) is 4.80. The first kappa shape index (κ1) is 18.0. The number of nitrogens with zero attached hydrogens (tertiary/aromatic N) is 1. The van der Waals surface area contributed by atoms with Crippen LogP contribution in [0.25, 0.3) is 0 Å². The van der Waals surface area contributed by atoms with E-state index in [0.29, 0.717) is 18.7 Å². The number of aryl methyl sites for hydroxylation is 1. The van der Waals surface area contributed by atoms with E-state index in [2.05, 4.69) is 0 Å². The summed E-state index contributed by atoms with van der Waals surface area (Å²) in [5, 5.41) is 0. The third-order valence-electron chi connectivity index (χ3n) is 4.75. The molecule has 0 unspecified atom stereocenters. The Balaban J connectivity index is 1.69. The molecule has 2 atom stereocenters. The molecule has 2 aromatic carbocycles. The van der Waals surface area contributed by atoms with E-state index < -0.39 is 16.3 Å². The summed E-state index contributed by atoms with van der Waals surface area (Å²) in [5.74, 6) is 0.478. The maximum absolute atomic E-state index is 13.3. The Morgan fingerprint density at radius 3 is 2.37 bits per heavy atom. The summed E-state index contributed by atoms with van der Waals surface area (Å²) >= 11 is 0. The topological polar surface area (TPSA) is 59.8 Å². The van der Waals surface area contributed by atoms with Gasteiger partial charge in [-0.15, -0.1) is 0 Å². The van der Waals surface area contributed by atoms with E-state index in [1.165, 1.54) is 10.6 Å². The van der Waals surface area contributed by atoms with E-state index >= 15 is 0 Å². The number of ether oxygens (including phenoxy) is 1. The molecular formula is C21H21NO4S. The molecule has 0 amide bonds. The summed E-state index contributed by atoms with van der Waals surface area (Å²) in [4.78, 5) is 0.256. The smallest absolute Gasteiger partial charge is 0.245 e. The molecular weight excluding hydrogens is 362 g/mol. The first-order valence-electron chi connectivity index (χ1n) is 8.88. The number of hydrogen-bond donors (Lipinski definition) is 0. The highest BCUT2D eigenvalue weighted by molar-refractivity contribution is 7.89. The summed E-state index contributed by atoms with van der Waals surface area (Å²) in [6.07, 6.45) is 1.12. The molecule has 4 rings (SSSR count). The molecule has 5 nitrogen and oxygen atoms in total. The third kappa shape index (κ3) is 3.56. The number of sulfonamides is 1.